The first-order valence-corrected chi connectivity index (χ1v) is 18.5. The highest BCUT2D eigenvalue weighted by Gasteiger charge is 2.48. The van der Waals surface area contributed by atoms with Gasteiger partial charge in [-0.25, -0.2) is 0 Å². The Morgan fingerprint density at radius 3 is 1.58 bits per heavy atom. The Kier molecular flexibility index (Phi) is 10.2. The number of fused-ring (bicyclic) bond motifs is 2. The van der Waals surface area contributed by atoms with Gasteiger partial charge in [0.15, 0.2) is 5.71 Å². The minimum Gasteiger partial charge on any atom is -0.506 e. The first-order valence-electron chi connectivity index (χ1n) is 18.5. The van der Waals surface area contributed by atoms with Crippen molar-refractivity contribution in [2.45, 2.75) is 65.2 Å². The van der Waals surface area contributed by atoms with E-state index in [0.717, 1.165) is 0 Å². The number of hydrogen-bond acceptors (Lipinski definition) is 2. The normalized spacial score (nSPS) is 16.5. The minimum absolute atomic E-state index is 0.00222. The summed E-state index contributed by atoms with van der Waals surface area (Å²) < 4.78 is 171. The van der Waals surface area contributed by atoms with Crippen LogP contribution in [-0.4, -0.2) is 21.2 Å². The minimum atomic E-state index is -5.18. The molecule has 1 aliphatic carbocycles. The highest BCUT2D eigenvalue weighted by atomic mass is 19.4. The van der Waals surface area contributed by atoms with Crippen LogP contribution < -0.4 is 4.58 Å². The third-order valence-electron chi connectivity index (χ3n) is 10.2. The quantitative estimate of drug-likeness (QED) is 0.101. The molecule has 0 radical (unpaired) electrons. The largest absolute Gasteiger partial charge is 0.506 e. The van der Waals surface area contributed by atoms with Gasteiger partial charge in [0.1, 0.15) is 5.76 Å². The third-order valence-corrected chi connectivity index (χ3v) is 10.2. The second kappa shape index (κ2) is 14.4. The summed E-state index contributed by atoms with van der Waals surface area (Å²) in [6.07, 6.45) is -20.7. The van der Waals surface area contributed by atoms with Crippen molar-refractivity contribution in [1.82, 2.24) is 9.14 Å². The molecule has 0 fully saturated rings. The predicted octanol–water partition coefficient (Wildman–Crippen LogP) is 13.5. The molecule has 1 aliphatic heterocycles. The maximum absolute atomic E-state index is 14.7. The summed E-state index contributed by atoms with van der Waals surface area (Å²) in [5.74, 6) is -2.04. The molecule has 1 aromatic heterocycles. The number of aliphatic hydroxyl groups is 1. The molecular formula is C44H33F12N2O2+. The van der Waals surface area contributed by atoms with Crippen LogP contribution in [0.3, 0.4) is 0 Å². The number of hydrogen-bond donors (Lipinski definition) is 1. The average molecular weight is 850 g/mol. The fourth-order valence-corrected chi connectivity index (χ4v) is 7.89. The number of aromatic nitrogens is 1. The van der Waals surface area contributed by atoms with Gasteiger partial charge in [-0.3, -0.25) is 4.79 Å². The third kappa shape index (κ3) is 7.38. The summed E-state index contributed by atoms with van der Waals surface area (Å²) in [7, 11) is 0. The molecule has 4 nitrogen and oxygen atoms in total. The number of halogens is 12. The maximum Gasteiger partial charge on any atom is 0.416 e. The van der Waals surface area contributed by atoms with Crippen LogP contribution in [0.25, 0.3) is 27.7 Å². The lowest BCUT2D eigenvalue weighted by molar-refractivity contribution is -0.144. The van der Waals surface area contributed by atoms with E-state index in [1.807, 2.05) is 0 Å². The van der Waals surface area contributed by atoms with Crippen LogP contribution in [0.4, 0.5) is 64.1 Å². The van der Waals surface area contributed by atoms with E-state index in [0.29, 0.717) is 24.3 Å². The van der Waals surface area contributed by atoms with Crippen molar-refractivity contribution >= 4 is 44.9 Å². The summed E-state index contributed by atoms with van der Waals surface area (Å²) in [6.45, 7) is 6.94. The number of nitrogens with zero attached hydrogens (tertiary/aromatic N) is 2. The summed E-state index contributed by atoms with van der Waals surface area (Å²) in [4.78, 5) is 14.7. The monoisotopic (exact) mass is 849 g/mol. The van der Waals surface area contributed by atoms with Crippen LogP contribution in [0.15, 0.2) is 96.3 Å². The van der Waals surface area contributed by atoms with E-state index >= 15 is 0 Å². The Morgan fingerprint density at radius 1 is 0.600 bits per heavy atom. The molecule has 2 heterocycles. The number of carbonyl (C=O) groups excluding carboxylic acids is 1. The number of carbonyl (C=O) groups is 1. The highest BCUT2D eigenvalue weighted by molar-refractivity contribution is 6.48. The van der Waals surface area contributed by atoms with E-state index in [-0.39, 0.29) is 92.7 Å². The van der Waals surface area contributed by atoms with Gasteiger partial charge in [-0.05, 0) is 54.7 Å². The summed E-state index contributed by atoms with van der Waals surface area (Å²) >= 11 is 0. The number of rotatable bonds is 7. The van der Waals surface area contributed by atoms with Gasteiger partial charge in [-0.15, -0.1) is 0 Å². The van der Waals surface area contributed by atoms with E-state index in [1.165, 1.54) is 57.7 Å². The zero-order valence-corrected chi connectivity index (χ0v) is 31.9. The standard InChI is InChI=1S/C44H32F12N2O2/c1-21(2)13-33-35(29-9-5-7-11-31(29)57(33)27-17-23(41(45,46)47)15-24(18-27)42(48,49)50)37-39(59)38(40(37)60)36-30-10-6-8-12-32(30)58(34(36)14-22(3)4)28-19-25(43(51,52)53)16-26(20-28)44(54,55)56/h5-12,15-22H,13-14H2,1-4H3/p+1. The molecule has 5 aromatic rings. The van der Waals surface area contributed by atoms with Gasteiger partial charge in [0.25, 0.3) is 0 Å². The number of para-hydroxylation sites is 2. The van der Waals surface area contributed by atoms with E-state index in [2.05, 4.69) is 0 Å². The maximum atomic E-state index is 14.7. The van der Waals surface area contributed by atoms with Gasteiger partial charge in [0.05, 0.1) is 50.1 Å². The lowest BCUT2D eigenvalue weighted by atomic mass is 9.76. The van der Waals surface area contributed by atoms with Crippen LogP contribution in [0, 0.1) is 11.8 Å². The fourth-order valence-electron chi connectivity index (χ4n) is 7.89. The van der Waals surface area contributed by atoms with Crippen molar-refractivity contribution in [1.29, 1.82) is 0 Å². The summed E-state index contributed by atoms with van der Waals surface area (Å²) in [5.41, 5.74) is -7.17. The summed E-state index contributed by atoms with van der Waals surface area (Å²) in [5, 5.41) is 12.3. The van der Waals surface area contributed by atoms with Crippen molar-refractivity contribution in [3.63, 3.8) is 0 Å². The van der Waals surface area contributed by atoms with Gasteiger partial charge in [0, 0.05) is 47.0 Å². The van der Waals surface area contributed by atoms with Crippen molar-refractivity contribution in [3.05, 3.63) is 135 Å². The topological polar surface area (TPSA) is 45.2 Å². The molecule has 0 saturated heterocycles. The van der Waals surface area contributed by atoms with E-state index in [9.17, 15) is 62.6 Å². The van der Waals surface area contributed by atoms with Gasteiger partial charge in [0.2, 0.25) is 17.2 Å². The van der Waals surface area contributed by atoms with Crippen LogP contribution in [0.2, 0.25) is 0 Å². The number of Topliss-reactive ketones (excluding diaryl/α,β-unsaturated/α-hetero) is 1. The number of benzene rings is 4. The van der Waals surface area contributed by atoms with Crippen molar-refractivity contribution in [3.8, 4) is 5.69 Å². The molecule has 0 saturated carbocycles. The Hall–Kier alpha value is -5.80. The molecule has 2 aliphatic rings. The van der Waals surface area contributed by atoms with Crippen molar-refractivity contribution < 1.29 is 62.6 Å². The average Bonchev–Trinajstić information content (AvgIpc) is 3.61. The number of allylic oxidation sites excluding steroid dienone is 3. The van der Waals surface area contributed by atoms with Crippen LogP contribution >= 0.6 is 0 Å². The molecule has 4 aromatic carbocycles. The zero-order chi connectivity index (χ0) is 44.0. The molecule has 1 N–H and O–H groups in total. The molecule has 314 valence electrons. The number of ketones is 1. The Balaban J connectivity index is 1.55. The SMILES string of the molecule is CC(C)CC1=[N+](c2cc(C(F)(F)F)cc(C(F)(F)F)c2)c2ccccc2/C1=C1/C(=O)C(c2c(CC(C)C)n(-c3cc(C(F)(F)F)cc(C(F)(F)F)c3)c3ccccc23)=C1O. The van der Waals surface area contributed by atoms with Gasteiger partial charge in [-0.1, -0.05) is 58.0 Å². The van der Waals surface area contributed by atoms with Crippen LogP contribution in [-0.2, 0) is 35.9 Å². The molecular weight excluding hydrogens is 816 g/mol. The number of alkyl halides is 12. The second-order valence-electron chi connectivity index (χ2n) is 15.5. The van der Waals surface area contributed by atoms with E-state index in [4.69, 9.17) is 0 Å². The second-order valence-corrected chi connectivity index (χ2v) is 15.5. The van der Waals surface area contributed by atoms with E-state index in [1.54, 1.807) is 27.7 Å². The first kappa shape index (κ1) is 42.3. The highest BCUT2D eigenvalue weighted by Crippen LogP contribution is 2.51. The molecule has 0 spiro atoms. The molecule has 60 heavy (non-hydrogen) atoms. The molecule has 0 atom stereocenters. The fraction of sp³-hybridized carbons (Fsp3) is 0.273. The molecule has 0 bridgehead atoms. The molecule has 7 rings (SSSR count). The smallest absolute Gasteiger partial charge is 0.416 e. The molecule has 0 unspecified atom stereocenters. The predicted molar refractivity (Wildman–Crippen MR) is 202 cm³/mol. The van der Waals surface area contributed by atoms with Gasteiger partial charge >= 0.3 is 24.7 Å². The molecule has 0 amide bonds. The first-order chi connectivity index (χ1) is 27.8. The summed E-state index contributed by atoms with van der Waals surface area (Å²) in [6, 6.07) is 14.2. The van der Waals surface area contributed by atoms with Gasteiger partial charge < -0.3 is 9.67 Å². The van der Waals surface area contributed by atoms with Crippen LogP contribution in [0.1, 0.15) is 73.2 Å². The van der Waals surface area contributed by atoms with E-state index < -0.39 is 69.9 Å². The number of aliphatic hydroxyl groups excluding tert-OH is 1. The Labute approximate surface area is 334 Å². The molecule has 16 heteroatoms. The Morgan fingerprint density at radius 2 is 1.08 bits per heavy atom. The lowest BCUT2D eigenvalue weighted by Crippen LogP contribution is -2.26. The van der Waals surface area contributed by atoms with Crippen molar-refractivity contribution in [2.24, 2.45) is 11.8 Å². The lowest BCUT2D eigenvalue weighted by Gasteiger charge is -2.25. The zero-order valence-electron chi connectivity index (χ0n) is 31.9. The van der Waals surface area contributed by atoms with Crippen LogP contribution in [0.5, 0.6) is 0 Å². The van der Waals surface area contributed by atoms with Gasteiger partial charge in [-0.2, -0.15) is 57.3 Å². The Bertz CT molecular complexity index is 2620. The van der Waals surface area contributed by atoms with Crippen molar-refractivity contribution in [2.75, 3.05) is 0 Å².